The fraction of sp³-hybridized carbons (Fsp3) is 0.176. The Balaban J connectivity index is 1.93. The van der Waals surface area contributed by atoms with Gasteiger partial charge in [0.2, 0.25) is 5.91 Å². The number of rotatable bonds is 6. The van der Waals surface area contributed by atoms with Crippen LogP contribution in [0.5, 0.6) is 0 Å². The molecule has 2 N–H and O–H groups in total. The van der Waals surface area contributed by atoms with Crippen molar-refractivity contribution in [2.45, 2.75) is 11.8 Å². The molecular formula is C17H16F2N2O2S. The van der Waals surface area contributed by atoms with Crippen LogP contribution in [0.25, 0.3) is 0 Å². The number of hydrogen-bond acceptors (Lipinski definition) is 3. The molecule has 24 heavy (non-hydrogen) atoms. The maximum Gasteiger partial charge on any atom is 0.251 e. The van der Waals surface area contributed by atoms with Gasteiger partial charge in [-0.2, -0.15) is 0 Å². The van der Waals surface area contributed by atoms with E-state index >= 15 is 0 Å². The summed E-state index contributed by atoms with van der Waals surface area (Å²) in [4.78, 5) is 24.2. The molecule has 2 rings (SSSR count). The van der Waals surface area contributed by atoms with Crippen molar-refractivity contribution in [3.8, 4) is 0 Å². The average molecular weight is 350 g/mol. The van der Waals surface area contributed by atoms with Crippen LogP contribution in [0.4, 0.5) is 14.5 Å². The van der Waals surface area contributed by atoms with Crippen LogP contribution in [0.1, 0.15) is 17.3 Å². The zero-order chi connectivity index (χ0) is 17.5. The largest absolute Gasteiger partial charge is 0.352 e. The molecule has 0 radical (unpaired) electrons. The summed E-state index contributed by atoms with van der Waals surface area (Å²) >= 11 is 1.09. The zero-order valence-electron chi connectivity index (χ0n) is 12.9. The number of amides is 2. The van der Waals surface area contributed by atoms with Gasteiger partial charge >= 0.3 is 0 Å². The summed E-state index contributed by atoms with van der Waals surface area (Å²) < 4.78 is 26.0. The summed E-state index contributed by atoms with van der Waals surface area (Å²) in [5.41, 5.74) is 0.942. The number of benzene rings is 2. The highest BCUT2D eigenvalue weighted by Crippen LogP contribution is 2.21. The first kappa shape index (κ1) is 17.9. The molecule has 0 aliphatic rings. The van der Waals surface area contributed by atoms with Crippen LogP contribution in [0.15, 0.2) is 47.4 Å². The molecule has 0 saturated heterocycles. The van der Waals surface area contributed by atoms with Crippen molar-refractivity contribution in [3.05, 3.63) is 59.7 Å². The molecule has 0 spiro atoms. The molecule has 0 fully saturated rings. The maximum atomic E-state index is 13.1. The van der Waals surface area contributed by atoms with E-state index in [0.29, 0.717) is 22.7 Å². The highest BCUT2D eigenvalue weighted by molar-refractivity contribution is 8.00. The maximum absolute atomic E-state index is 13.1. The van der Waals surface area contributed by atoms with Gasteiger partial charge in [0.25, 0.3) is 5.91 Å². The normalized spacial score (nSPS) is 10.3. The van der Waals surface area contributed by atoms with Crippen molar-refractivity contribution in [1.29, 1.82) is 0 Å². The van der Waals surface area contributed by atoms with E-state index in [9.17, 15) is 18.4 Å². The van der Waals surface area contributed by atoms with Crippen molar-refractivity contribution in [3.63, 3.8) is 0 Å². The molecule has 0 saturated carbocycles. The number of thioether (sulfide) groups is 1. The minimum absolute atomic E-state index is 0.0382. The van der Waals surface area contributed by atoms with Crippen molar-refractivity contribution in [2.75, 3.05) is 17.6 Å². The third-order valence-electron chi connectivity index (χ3n) is 3.01. The van der Waals surface area contributed by atoms with Crippen molar-refractivity contribution in [1.82, 2.24) is 5.32 Å². The summed E-state index contributed by atoms with van der Waals surface area (Å²) in [7, 11) is 0. The second-order valence-electron chi connectivity index (χ2n) is 4.85. The van der Waals surface area contributed by atoms with Crippen LogP contribution in [-0.2, 0) is 4.79 Å². The highest BCUT2D eigenvalue weighted by atomic mass is 32.2. The Labute approximate surface area is 142 Å². The number of halogens is 2. The quantitative estimate of drug-likeness (QED) is 0.785. The predicted octanol–water partition coefficient (Wildman–Crippen LogP) is 3.45. The molecule has 0 aliphatic carbocycles. The molecule has 126 valence electrons. The number of anilines is 1. The van der Waals surface area contributed by atoms with Gasteiger partial charge in [0.1, 0.15) is 0 Å². The SMILES string of the molecule is CCNC(=O)c1cccc(NC(=O)CSc2ccc(F)c(F)c2)c1. The lowest BCUT2D eigenvalue weighted by Crippen LogP contribution is -2.23. The Morgan fingerprint density at radius 3 is 2.58 bits per heavy atom. The van der Waals surface area contributed by atoms with E-state index in [1.165, 1.54) is 6.07 Å². The molecule has 0 bridgehead atoms. The predicted molar refractivity (Wildman–Crippen MR) is 90.2 cm³/mol. The average Bonchev–Trinajstić information content (AvgIpc) is 2.56. The van der Waals surface area contributed by atoms with Crippen LogP contribution >= 0.6 is 11.8 Å². The molecule has 0 atom stereocenters. The van der Waals surface area contributed by atoms with Crippen molar-refractivity contribution in [2.24, 2.45) is 0 Å². The standard InChI is InChI=1S/C17H16F2N2O2S/c1-2-20-17(23)11-4-3-5-12(8-11)21-16(22)10-24-13-6-7-14(18)15(19)9-13/h3-9H,2,10H2,1H3,(H,20,23)(H,21,22). The van der Waals surface area contributed by atoms with Gasteiger partial charge in [-0.3, -0.25) is 9.59 Å². The van der Waals surface area contributed by atoms with Crippen LogP contribution in [0.3, 0.4) is 0 Å². The highest BCUT2D eigenvalue weighted by Gasteiger charge is 2.09. The molecule has 0 aromatic heterocycles. The van der Waals surface area contributed by atoms with Crippen molar-refractivity contribution < 1.29 is 18.4 Å². The molecule has 2 aromatic rings. The molecule has 0 unspecified atom stereocenters. The number of hydrogen-bond donors (Lipinski definition) is 2. The van der Waals surface area contributed by atoms with Gasteiger partial charge in [0, 0.05) is 22.7 Å². The van der Waals surface area contributed by atoms with E-state index < -0.39 is 11.6 Å². The minimum atomic E-state index is -0.949. The van der Waals surface area contributed by atoms with E-state index in [-0.39, 0.29) is 17.6 Å². The van der Waals surface area contributed by atoms with Gasteiger partial charge in [0.05, 0.1) is 5.75 Å². The zero-order valence-corrected chi connectivity index (χ0v) is 13.8. The molecule has 0 heterocycles. The van der Waals surface area contributed by atoms with E-state index in [4.69, 9.17) is 0 Å². The molecule has 4 nitrogen and oxygen atoms in total. The molecule has 2 aromatic carbocycles. The molecule has 7 heteroatoms. The van der Waals surface area contributed by atoms with Crippen molar-refractivity contribution >= 4 is 29.3 Å². The van der Waals surface area contributed by atoms with Gasteiger partial charge in [-0.25, -0.2) is 8.78 Å². The van der Waals surface area contributed by atoms with Gasteiger partial charge in [-0.05, 0) is 43.3 Å². The topological polar surface area (TPSA) is 58.2 Å². The lowest BCUT2D eigenvalue weighted by atomic mass is 10.2. The second-order valence-corrected chi connectivity index (χ2v) is 5.90. The Morgan fingerprint density at radius 2 is 1.88 bits per heavy atom. The van der Waals surface area contributed by atoms with E-state index in [2.05, 4.69) is 10.6 Å². The van der Waals surface area contributed by atoms with E-state index in [1.54, 1.807) is 24.3 Å². The fourth-order valence-corrected chi connectivity index (χ4v) is 2.63. The molecular weight excluding hydrogens is 334 g/mol. The monoisotopic (exact) mass is 350 g/mol. The first-order valence-corrected chi connectivity index (χ1v) is 8.24. The summed E-state index contributed by atoms with van der Waals surface area (Å²) in [5.74, 6) is -2.36. The lowest BCUT2D eigenvalue weighted by molar-refractivity contribution is -0.113. The van der Waals surface area contributed by atoms with E-state index in [1.807, 2.05) is 6.92 Å². The van der Waals surface area contributed by atoms with E-state index in [0.717, 1.165) is 23.9 Å². The summed E-state index contributed by atoms with van der Waals surface area (Å²) in [5, 5.41) is 5.34. The van der Waals surface area contributed by atoms with Gasteiger partial charge < -0.3 is 10.6 Å². The summed E-state index contributed by atoms with van der Waals surface area (Å²) in [6.45, 7) is 2.33. The van der Waals surface area contributed by atoms with Gasteiger partial charge in [0.15, 0.2) is 11.6 Å². The number of nitrogens with one attached hydrogen (secondary N) is 2. The minimum Gasteiger partial charge on any atom is -0.352 e. The van der Waals surface area contributed by atoms with Gasteiger partial charge in [-0.1, -0.05) is 6.07 Å². The molecule has 2 amide bonds. The van der Waals surface area contributed by atoms with Crippen LogP contribution in [-0.4, -0.2) is 24.1 Å². The van der Waals surface area contributed by atoms with Crippen LogP contribution in [0.2, 0.25) is 0 Å². The third kappa shape index (κ3) is 5.06. The fourth-order valence-electron chi connectivity index (χ4n) is 1.91. The number of carbonyl (C=O) groups excluding carboxylic acids is 2. The molecule has 0 aliphatic heterocycles. The lowest BCUT2D eigenvalue weighted by Gasteiger charge is -2.08. The van der Waals surface area contributed by atoms with Gasteiger partial charge in [-0.15, -0.1) is 11.8 Å². The Hall–Kier alpha value is -2.41. The second kappa shape index (κ2) is 8.44. The van der Waals surface area contributed by atoms with Crippen LogP contribution in [0, 0.1) is 11.6 Å². The Bertz CT molecular complexity index is 753. The first-order chi connectivity index (χ1) is 11.5. The van der Waals surface area contributed by atoms with Crippen LogP contribution < -0.4 is 10.6 Å². The number of carbonyl (C=O) groups is 2. The summed E-state index contributed by atoms with van der Waals surface area (Å²) in [6.07, 6.45) is 0. The smallest absolute Gasteiger partial charge is 0.251 e. The third-order valence-corrected chi connectivity index (χ3v) is 4.00. The Morgan fingerprint density at radius 1 is 1.08 bits per heavy atom. The Kier molecular flexibility index (Phi) is 6.31. The summed E-state index contributed by atoms with van der Waals surface area (Å²) in [6, 6.07) is 10.0. The first-order valence-electron chi connectivity index (χ1n) is 7.25.